The fourth-order valence-electron chi connectivity index (χ4n) is 2.55. The lowest BCUT2D eigenvalue weighted by molar-refractivity contribution is -0.192. The summed E-state index contributed by atoms with van der Waals surface area (Å²) >= 11 is 4.85. The maximum Gasteiger partial charge on any atom is 0.490 e. The molecule has 0 aliphatic carbocycles. The Morgan fingerprint density at radius 2 is 1.94 bits per heavy atom. The van der Waals surface area contributed by atoms with E-state index >= 15 is 0 Å². The van der Waals surface area contributed by atoms with Gasteiger partial charge in [-0.25, -0.2) is 14.2 Å². The van der Waals surface area contributed by atoms with E-state index in [0.29, 0.717) is 11.3 Å². The zero-order valence-electron chi connectivity index (χ0n) is 17.2. The van der Waals surface area contributed by atoms with Crippen molar-refractivity contribution in [1.82, 2.24) is 9.97 Å². The van der Waals surface area contributed by atoms with Crippen LogP contribution in [0.15, 0.2) is 41.5 Å². The van der Waals surface area contributed by atoms with E-state index < -0.39 is 30.3 Å². The average molecular weight is 502 g/mol. The number of amidine groups is 1. The SMILES string of the molecule is NC(=S)c1ccc(C(=O)Nc2cccc(C3(CF)COCC(N)=N3)n2)nc1.O=C(O)C(F)(F)F. The first-order valence-electron chi connectivity index (χ1n) is 9.21. The summed E-state index contributed by atoms with van der Waals surface area (Å²) in [5, 5.41) is 9.74. The first-order valence-corrected chi connectivity index (χ1v) is 9.61. The number of carboxylic acid groups (broad SMARTS) is 1. The number of carboxylic acids is 1. The molecule has 10 nitrogen and oxygen atoms in total. The number of ether oxygens (including phenoxy) is 1. The van der Waals surface area contributed by atoms with Crippen LogP contribution >= 0.6 is 12.2 Å². The van der Waals surface area contributed by atoms with Crippen LogP contribution in [0.4, 0.5) is 23.4 Å². The predicted molar refractivity (Wildman–Crippen MR) is 116 cm³/mol. The Morgan fingerprint density at radius 1 is 1.26 bits per heavy atom. The number of carbonyl (C=O) groups excluding carboxylic acids is 1. The zero-order chi connectivity index (χ0) is 25.5. The minimum absolute atomic E-state index is 0.0105. The summed E-state index contributed by atoms with van der Waals surface area (Å²) in [6.45, 7) is -0.678. The second kappa shape index (κ2) is 10.9. The third-order valence-corrected chi connectivity index (χ3v) is 4.40. The van der Waals surface area contributed by atoms with Crippen molar-refractivity contribution in [1.29, 1.82) is 0 Å². The van der Waals surface area contributed by atoms with E-state index in [-0.39, 0.29) is 35.5 Å². The Morgan fingerprint density at radius 3 is 2.44 bits per heavy atom. The Hall–Kier alpha value is -3.72. The van der Waals surface area contributed by atoms with Crippen molar-refractivity contribution in [2.45, 2.75) is 11.7 Å². The number of pyridine rings is 2. The van der Waals surface area contributed by atoms with Crippen molar-refractivity contribution < 1.29 is 37.0 Å². The summed E-state index contributed by atoms with van der Waals surface area (Å²) < 4.78 is 50.8. The number of anilines is 1. The molecule has 182 valence electrons. The molecule has 0 saturated heterocycles. The molecule has 15 heteroatoms. The predicted octanol–water partition coefficient (Wildman–Crippen LogP) is 1.55. The van der Waals surface area contributed by atoms with Crippen LogP contribution in [-0.2, 0) is 15.1 Å². The van der Waals surface area contributed by atoms with Crippen molar-refractivity contribution in [2.75, 3.05) is 25.2 Å². The molecule has 0 radical (unpaired) electrons. The van der Waals surface area contributed by atoms with E-state index in [2.05, 4.69) is 20.3 Å². The van der Waals surface area contributed by atoms with Gasteiger partial charge in [-0.2, -0.15) is 13.2 Å². The Balaban J connectivity index is 0.000000509. The highest BCUT2D eigenvalue weighted by molar-refractivity contribution is 7.80. The molecular weight excluding hydrogens is 484 g/mol. The topological polar surface area (TPSA) is 166 Å². The average Bonchev–Trinajstić information content (AvgIpc) is 2.79. The summed E-state index contributed by atoms with van der Waals surface area (Å²) in [7, 11) is 0. The zero-order valence-corrected chi connectivity index (χ0v) is 18.0. The second-order valence-electron chi connectivity index (χ2n) is 6.72. The van der Waals surface area contributed by atoms with Crippen molar-refractivity contribution in [2.24, 2.45) is 16.5 Å². The number of aliphatic carboxylic acids is 1. The van der Waals surface area contributed by atoms with Gasteiger partial charge in [0.25, 0.3) is 5.91 Å². The van der Waals surface area contributed by atoms with Crippen molar-refractivity contribution in [3.8, 4) is 0 Å². The molecule has 1 unspecified atom stereocenters. The smallest absolute Gasteiger partial charge is 0.475 e. The number of thiocarbonyl (C=S) groups is 1. The number of hydrogen-bond acceptors (Lipinski definition) is 8. The van der Waals surface area contributed by atoms with Gasteiger partial charge in [0, 0.05) is 11.8 Å². The van der Waals surface area contributed by atoms with E-state index in [4.69, 9.17) is 38.3 Å². The molecule has 1 aliphatic rings. The van der Waals surface area contributed by atoms with E-state index in [9.17, 15) is 22.4 Å². The molecule has 0 spiro atoms. The van der Waals surface area contributed by atoms with Gasteiger partial charge in [-0.15, -0.1) is 0 Å². The number of nitrogens with two attached hydrogens (primary N) is 2. The van der Waals surface area contributed by atoms with Gasteiger partial charge in [0.1, 0.15) is 35.6 Å². The largest absolute Gasteiger partial charge is 0.490 e. The fraction of sp³-hybridized carbons (Fsp3) is 0.263. The second-order valence-corrected chi connectivity index (χ2v) is 7.16. The van der Waals surface area contributed by atoms with Crippen LogP contribution in [0.3, 0.4) is 0 Å². The van der Waals surface area contributed by atoms with Crippen molar-refractivity contribution >= 4 is 40.7 Å². The standard InChI is InChI=1S/C17H17FN6O2S.C2HF3O2/c18-8-17(9-26-7-13(19)24-17)12-2-1-3-14(22-12)23-16(25)11-5-4-10(6-21-11)15(20)27;3-2(4,5)1(6)7/h1-6H,7-9H2,(H2,19,24)(H2,20,27)(H,22,23,25);(H,6,7). The number of halogens is 4. The lowest BCUT2D eigenvalue weighted by Crippen LogP contribution is -2.42. The summed E-state index contributed by atoms with van der Waals surface area (Å²) in [5.41, 5.74) is 10.9. The number of hydrogen-bond donors (Lipinski definition) is 4. The lowest BCUT2D eigenvalue weighted by atomic mass is 9.97. The fourth-order valence-corrected chi connectivity index (χ4v) is 2.67. The number of rotatable bonds is 5. The molecule has 3 rings (SSSR count). The number of carbonyl (C=O) groups is 2. The molecular formula is C19H18F4N6O4S. The molecule has 0 saturated carbocycles. The molecule has 6 N–H and O–H groups in total. The van der Waals surface area contributed by atoms with Gasteiger partial charge >= 0.3 is 12.1 Å². The van der Waals surface area contributed by atoms with Crippen LogP contribution in [-0.4, -0.2) is 63.8 Å². The van der Waals surface area contributed by atoms with Gasteiger partial charge in [0.2, 0.25) is 0 Å². The van der Waals surface area contributed by atoms with Crippen molar-refractivity contribution in [3.63, 3.8) is 0 Å². The highest BCUT2D eigenvalue weighted by Gasteiger charge is 2.38. The van der Waals surface area contributed by atoms with Gasteiger partial charge < -0.3 is 26.6 Å². The van der Waals surface area contributed by atoms with E-state index in [0.717, 1.165) is 0 Å². The van der Waals surface area contributed by atoms with E-state index in [1.807, 2.05) is 0 Å². The molecule has 34 heavy (non-hydrogen) atoms. The number of aliphatic imine (C=N–C) groups is 1. The van der Waals surface area contributed by atoms with Crippen molar-refractivity contribution in [3.05, 3.63) is 53.5 Å². The first kappa shape index (κ1) is 26.5. The quantitative estimate of drug-likeness (QED) is 0.350. The lowest BCUT2D eigenvalue weighted by Gasteiger charge is -2.30. The summed E-state index contributed by atoms with van der Waals surface area (Å²) in [4.78, 5) is 34.0. The summed E-state index contributed by atoms with van der Waals surface area (Å²) in [5.74, 6) is -2.82. The molecule has 2 aromatic heterocycles. The number of alkyl halides is 4. The third-order valence-electron chi connectivity index (χ3n) is 4.16. The number of nitrogens with zero attached hydrogens (tertiary/aromatic N) is 3. The Bertz CT molecular complexity index is 1100. The van der Waals surface area contributed by atoms with Gasteiger partial charge in [0.05, 0.1) is 12.3 Å². The van der Waals surface area contributed by atoms with Gasteiger partial charge in [-0.05, 0) is 24.3 Å². The number of aromatic nitrogens is 2. The monoisotopic (exact) mass is 502 g/mol. The van der Waals surface area contributed by atoms with Crippen LogP contribution in [0, 0.1) is 0 Å². The van der Waals surface area contributed by atoms with Crippen LogP contribution in [0.2, 0.25) is 0 Å². The van der Waals surface area contributed by atoms with Crippen LogP contribution in [0.1, 0.15) is 21.7 Å². The third kappa shape index (κ3) is 6.89. The summed E-state index contributed by atoms with van der Waals surface area (Å²) in [6.07, 6.45) is -3.67. The minimum atomic E-state index is -5.08. The number of amides is 1. The molecule has 1 amide bonds. The minimum Gasteiger partial charge on any atom is -0.475 e. The van der Waals surface area contributed by atoms with Gasteiger partial charge in [0.15, 0.2) is 5.54 Å². The molecule has 0 aromatic carbocycles. The van der Waals surface area contributed by atoms with Crippen LogP contribution in [0.5, 0.6) is 0 Å². The van der Waals surface area contributed by atoms with E-state index in [1.165, 1.54) is 12.3 Å². The van der Waals surface area contributed by atoms with E-state index in [1.54, 1.807) is 24.3 Å². The van der Waals surface area contributed by atoms with Gasteiger partial charge in [-0.3, -0.25) is 14.8 Å². The maximum atomic E-state index is 13.8. The molecule has 2 aromatic rings. The molecule has 1 aliphatic heterocycles. The van der Waals surface area contributed by atoms with Gasteiger partial charge in [-0.1, -0.05) is 18.3 Å². The highest BCUT2D eigenvalue weighted by Crippen LogP contribution is 2.29. The molecule has 3 heterocycles. The van der Waals surface area contributed by atoms with Crippen LogP contribution < -0.4 is 16.8 Å². The first-order chi connectivity index (χ1) is 15.9. The number of nitrogens with one attached hydrogen (secondary N) is 1. The molecule has 0 bridgehead atoms. The normalized spacial score (nSPS) is 17.6. The molecule has 0 fully saturated rings. The maximum absolute atomic E-state index is 13.8. The summed E-state index contributed by atoms with van der Waals surface area (Å²) in [6, 6.07) is 7.92. The Labute approximate surface area is 195 Å². The van der Waals surface area contributed by atoms with Crippen LogP contribution in [0.25, 0.3) is 0 Å². The molecule has 1 atom stereocenters. The Kier molecular flexibility index (Phi) is 8.53. The highest BCUT2D eigenvalue weighted by atomic mass is 32.1.